The molecule has 10 nitrogen and oxygen atoms in total. The van der Waals surface area contributed by atoms with Crippen LogP contribution in [0.25, 0.3) is 0 Å². The molecule has 1 atom stereocenters. The van der Waals surface area contributed by atoms with Crippen LogP contribution in [0.1, 0.15) is 33.1 Å². The normalized spacial score (nSPS) is 25.6. The first-order valence-electron chi connectivity index (χ1n) is 9.84. The summed E-state index contributed by atoms with van der Waals surface area (Å²) in [7, 11) is -3.17. The van der Waals surface area contributed by atoms with E-state index in [0.29, 0.717) is 56.7 Å². The maximum absolute atomic E-state index is 13.0. The highest BCUT2D eigenvalue weighted by molar-refractivity contribution is 7.88. The van der Waals surface area contributed by atoms with E-state index in [1.165, 1.54) is 10.6 Å². The van der Waals surface area contributed by atoms with E-state index in [9.17, 15) is 13.2 Å². The molecule has 1 aromatic heterocycles. The van der Waals surface area contributed by atoms with Gasteiger partial charge in [-0.1, -0.05) is 0 Å². The van der Waals surface area contributed by atoms with Gasteiger partial charge in [0, 0.05) is 25.7 Å². The van der Waals surface area contributed by atoms with Gasteiger partial charge in [-0.15, -0.1) is 0 Å². The second-order valence-corrected chi connectivity index (χ2v) is 10.2. The highest BCUT2D eigenvalue weighted by Crippen LogP contribution is 2.38. The first kappa shape index (κ1) is 20.3. The summed E-state index contributed by atoms with van der Waals surface area (Å²) >= 11 is 0. The Kier molecular flexibility index (Phi) is 5.16. The number of hydrogen-bond acceptors (Lipinski definition) is 8. The van der Waals surface area contributed by atoms with Crippen molar-refractivity contribution in [1.29, 1.82) is 0 Å². The lowest BCUT2D eigenvalue weighted by molar-refractivity contribution is -0.133. The molecule has 0 radical (unpaired) electrons. The van der Waals surface area contributed by atoms with Crippen LogP contribution in [-0.2, 0) is 19.6 Å². The summed E-state index contributed by atoms with van der Waals surface area (Å²) in [6.45, 7) is 5.48. The number of sulfonamides is 1. The van der Waals surface area contributed by atoms with Crippen molar-refractivity contribution in [3.8, 4) is 5.75 Å². The van der Waals surface area contributed by atoms with E-state index in [-0.39, 0.29) is 18.0 Å². The van der Waals surface area contributed by atoms with Gasteiger partial charge in [-0.05, 0) is 33.1 Å². The van der Waals surface area contributed by atoms with Crippen molar-refractivity contribution in [1.82, 2.24) is 14.3 Å². The molecular formula is C18H27N5O5S. The zero-order valence-corrected chi connectivity index (χ0v) is 17.7. The van der Waals surface area contributed by atoms with Gasteiger partial charge in [0.1, 0.15) is 0 Å². The number of nitrogens with one attached hydrogen (secondary N) is 1. The van der Waals surface area contributed by atoms with Gasteiger partial charge in [0.25, 0.3) is 5.91 Å². The fraction of sp³-hybridized carbons (Fsp3) is 0.722. The van der Waals surface area contributed by atoms with E-state index in [1.54, 1.807) is 24.9 Å². The number of fused-ring (bicyclic) bond motifs is 1. The lowest BCUT2D eigenvalue weighted by atomic mass is 10.0. The molecule has 1 aromatic rings. The van der Waals surface area contributed by atoms with E-state index < -0.39 is 15.6 Å². The van der Waals surface area contributed by atoms with Crippen molar-refractivity contribution in [2.24, 2.45) is 0 Å². The summed E-state index contributed by atoms with van der Waals surface area (Å²) in [5.74, 6) is 1.18. The van der Waals surface area contributed by atoms with E-state index >= 15 is 0 Å². The standard InChI is InChI=1S/C18H27N5O5S/c1-18(2)16(24)23(13-6-9-27-11-13)15-14(28-18)10-19-17(21-15)20-12-4-7-22(8-5-12)29(3,25)26/h10,12-13H,4-9,11H2,1-3H3,(H,19,20,21)/t13-/m0/s1. The van der Waals surface area contributed by atoms with Gasteiger partial charge in [0.15, 0.2) is 17.2 Å². The summed E-state index contributed by atoms with van der Waals surface area (Å²) in [5.41, 5.74) is -0.994. The van der Waals surface area contributed by atoms with Gasteiger partial charge >= 0.3 is 0 Å². The second-order valence-electron chi connectivity index (χ2n) is 8.27. The molecule has 2 saturated heterocycles. The van der Waals surface area contributed by atoms with Crippen molar-refractivity contribution in [3.05, 3.63) is 6.20 Å². The number of nitrogens with zero attached hydrogens (tertiary/aromatic N) is 4. The number of carbonyl (C=O) groups excluding carboxylic acids is 1. The first-order chi connectivity index (χ1) is 13.6. The Labute approximate surface area is 170 Å². The molecule has 0 saturated carbocycles. The zero-order valence-electron chi connectivity index (χ0n) is 16.9. The molecule has 160 valence electrons. The Morgan fingerprint density at radius 2 is 1.97 bits per heavy atom. The molecule has 4 rings (SSSR count). The smallest absolute Gasteiger partial charge is 0.272 e. The van der Waals surface area contributed by atoms with Gasteiger partial charge in [0.05, 0.1) is 25.1 Å². The summed E-state index contributed by atoms with van der Waals surface area (Å²) in [6, 6.07) is -0.0175. The Morgan fingerprint density at radius 1 is 1.24 bits per heavy atom. The van der Waals surface area contributed by atoms with E-state index in [4.69, 9.17) is 9.47 Å². The third-order valence-corrected chi connectivity index (χ3v) is 6.89. The van der Waals surface area contributed by atoms with Crippen LogP contribution in [0.15, 0.2) is 6.20 Å². The van der Waals surface area contributed by atoms with Crippen molar-refractivity contribution < 1.29 is 22.7 Å². The SMILES string of the molecule is CC1(C)Oc2cnc(NC3CCN(S(C)(=O)=O)CC3)nc2N([C@H]2CCOC2)C1=O. The molecule has 3 aliphatic heterocycles. The van der Waals surface area contributed by atoms with Gasteiger partial charge in [0.2, 0.25) is 16.0 Å². The minimum absolute atomic E-state index is 0.0611. The molecule has 0 unspecified atom stereocenters. The maximum atomic E-state index is 13.0. The fourth-order valence-electron chi connectivity index (χ4n) is 3.96. The summed E-state index contributed by atoms with van der Waals surface area (Å²) in [4.78, 5) is 23.7. The topological polar surface area (TPSA) is 114 Å². The third-order valence-electron chi connectivity index (χ3n) is 5.59. The monoisotopic (exact) mass is 425 g/mol. The molecule has 0 spiro atoms. The van der Waals surface area contributed by atoms with Gasteiger partial charge in [-0.25, -0.2) is 17.7 Å². The predicted octanol–water partition coefficient (Wildman–Crippen LogP) is 0.605. The molecule has 3 aliphatic rings. The van der Waals surface area contributed by atoms with Gasteiger partial charge in [-0.3, -0.25) is 9.69 Å². The number of aromatic nitrogens is 2. The molecule has 1 amide bonds. The van der Waals surface area contributed by atoms with E-state index in [1.807, 2.05) is 0 Å². The number of anilines is 2. The van der Waals surface area contributed by atoms with Gasteiger partial charge in [-0.2, -0.15) is 4.98 Å². The van der Waals surface area contributed by atoms with Crippen LogP contribution in [0, 0.1) is 0 Å². The molecule has 1 N–H and O–H groups in total. The first-order valence-corrected chi connectivity index (χ1v) is 11.7. The quantitative estimate of drug-likeness (QED) is 0.746. The number of piperidine rings is 1. The number of rotatable bonds is 4. The highest BCUT2D eigenvalue weighted by atomic mass is 32.2. The fourth-order valence-corrected chi connectivity index (χ4v) is 4.83. The zero-order chi connectivity index (χ0) is 20.8. The summed E-state index contributed by atoms with van der Waals surface area (Å²) in [5, 5.41) is 3.28. The average Bonchev–Trinajstić information content (AvgIpc) is 3.17. The molecule has 11 heteroatoms. The number of carbonyl (C=O) groups is 1. The largest absolute Gasteiger partial charge is 0.472 e. The van der Waals surface area contributed by atoms with Crippen LogP contribution in [0.3, 0.4) is 0 Å². The minimum atomic E-state index is -3.17. The number of hydrogen-bond donors (Lipinski definition) is 1. The van der Waals surface area contributed by atoms with E-state index in [2.05, 4.69) is 15.3 Å². The molecule has 0 bridgehead atoms. The maximum Gasteiger partial charge on any atom is 0.272 e. The van der Waals surface area contributed by atoms with Crippen molar-refractivity contribution in [2.75, 3.05) is 42.8 Å². The molecule has 29 heavy (non-hydrogen) atoms. The van der Waals surface area contributed by atoms with Crippen LogP contribution in [-0.4, -0.2) is 78.8 Å². The van der Waals surface area contributed by atoms with Crippen LogP contribution >= 0.6 is 0 Å². The van der Waals surface area contributed by atoms with Crippen molar-refractivity contribution in [2.45, 2.75) is 50.8 Å². The summed E-state index contributed by atoms with van der Waals surface area (Å²) < 4.78 is 36.2. The lowest BCUT2D eigenvalue weighted by Crippen LogP contribution is -2.56. The number of amides is 1. The average molecular weight is 426 g/mol. The van der Waals surface area contributed by atoms with Crippen LogP contribution in [0.2, 0.25) is 0 Å². The van der Waals surface area contributed by atoms with Crippen LogP contribution in [0.5, 0.6) is 5.75 Å². The van der Waals surface area contributed by atoms with Crippen LogP contribution in [0.4, 0.5) is 11.8 Å². The van der Waals surface area contributed by atoms with Crippen molar-refractivity contribution in [3.63, 3.8) is 0 Å². The highest BCUT2D eigenvalue weighted by Gasteiger charge is 2.45. The molecule has 0 aromatic carbocycles. The third kappa shape index (κ3) is 4.03. The predicted molar refractivity (Wildman–Crippen MR) is 107 cm³/mol. The van der Waals surface area contributed by atoms with E-state index in [0.717, 1.165) is 6.42 Å². The second kappa shape index (κ2) is 7.37. The Hall–Kier alpha value is -1.98. The summed E-state index contributed by atoms with van der Waals surface area (Å²) in [6.07, 6.45) is 4.89. The van der Waals surface area contributed by atoms with Gasteiger partial charge < -0.3 is 14.8 Å². The molecule has 4 heterocycles. The number of ether oxygens (including phenoxy) is 2. The van der Waals surface area contributed by atoms with Crippen molar-refractivity contribution >= 4 is 27.7 Å². The Balaban J connectivity index is 1.54. The molecule has 0 aliphatic carbocycles. The Morgan fingerprint density at radius 3 is 2.59 bits per heavy atom. The Bertz CT molecular complexity index is 892. The minimum Gasteiger partial charge on any atom is -0.472 e. The molecular weight excluding hydrogens is 398 g/mol. The molecule has 2 fully saturated rings. The lowest BCUT2D eigenvalue weighted by Gasteiger charge is -2.40. The van der Waals surface area contributed by atoms with Crippen LogP contribution < -0.4 is 15.0 Å².